The van der Waals surface area contributed by atoms with E-state index in [4.69, 9.17) is 4.74 Å². The van der Waals surface area contributed by atoms with E-state index < -0.39 is 0 Å². The summed E-state index contributed by atoms with van der Waals surface area (Å²) in [6.45, 7) is 1.76. The number of ether oxygens (including phenoxy) is 1. The van der Waals surface area contributed by atoms with E-state index in [0.29, 0.717) is 5.41 Å². The third-order valence-electron chi connectivity index (χ3n) is 6.59. The van der Waals surface area contributed by atoms with Crippen LogP contribution in [0.15, 0.2) is 18.2 Å². The summed E-state index contributed by atoms with van der Waals surface area (Å²) >= 11 is 0. The van der Waals surface area contributed by atoms with Gasteiger partial charge in [0.1, 0.15) is 12.5 Å². The van der Waals surface area contributed by atoms with Crippen LogP contribution in [-0.2, 0) is 12.0 Å². The molecule has 0 unspecified atom stereocenters. The van der Waals surface area contributed by atoms with E-state index in [1.807, 2.05) is 0 Å². The fraction of sp³-hybridized carbons (Fsp3) is 0.684. The van der Waals surface area contributed by atoms with E-state index >= 15 is 0 Å². The van der Waals surface area contributed by atoms with Crippen LogP contribution in [0.4, 0.5) is 0 Å². The smallest absolute Gasteiger partial charge is 0.142 e. The molecule has 4 fully saturated rings. The summed E-state index contributed by atoms with van der Waals surface area (Å²) in [5, 5.41) is 0. The molecule has 0 spiro atoms. The molecular formula is C19H25NO. The maximum atomic E-state index is 5.84. The Hall–Kier alpha value is -1.02. The van der Waals surface area contributed by atoms with Crippen molar-refractivity contribution in [2.45, 2.75) is 50.5 Å². The molecule has 4 aliphatic carbocycles. The fourth-order valence-electron chi connectivity index (χ4n) is 6.15. The average Bonchev–Trinajstić information content (AvgIpc) is 2.45. The number of rotatable bonds is 1. The molecule has 0 N–H and O–H groups in total. The topological polar surface area (TPSA) is 12.5 Å². The highest BCUT2D eigenvalue weighted by Gasteiger charge is 2.51. The van der Waals surface area contributed by atoms with E-state index in [-0.39, 0.29) is 0 Å². The maximum Gasteiger partial charge on any atom is 0.142 e. The molecule has 1 aromatic rings. The van der Waals surface area contributed by atoms with Crippen molar-refractivity contribution in [1.29, 1.82) is 0 Å². The van der Waals surface area contributed by atoms with Crippen LogP contribution in [0.2, 0.25) is 0 Å². The highest BCUT2D eigenvalue weighted by molar-refractivity contribution is 5.42. The molecule has 5 aliphatic rings. The van der Waals surface area contributed by atoms with E-state index in [1.165, 1.54) is 44.1 Å². The van der Waals surface area contributed by atoms with Gasteiger partial charge < -0.3 is 4.74 Å². The molecule has 2 heteroatoms. The molecule has 4 saturated carbocycles. The normalized spacial score (nSPS) is 40.9. The summed E-state index contributed by atoms with van der Waals surface area (Å²) in [5.74, 6) is 4.17. The average molecular weight is 283 g/mol. The number of fused-ring (bicyclic) bond motifs is 1. The molecule has 4 bridgehead atoms. The Morgan fingerprint density at radius 3 is 2.38 bits per heavy atom. The zero-order chi connectivity index (χ0) is 14.0. The maximum absolute atomic E-state index is 5.84. The zero-order valence-corrected chi connectivity index (χ0v) is 13.0. The molecule has 2 nitrogen and oxygen atoms in total. The van der Waals surface area contributed by atoms with Crippen molar-refractivity contribution < 1.29 is 4.74 Å². The molecule has 0 saturated heterocycles. The lowest BCUT2D eigenvalue weighted by Crippen LogP contribution is -2.48. The number of nitrogens with zero attached hydrogens (tertiary/aromatic N) is 1. The Bertz CT molecular complexity index is 544. The highest BCUT2D eigenvalue weighted by Crippen LogP contribution is 2.60. The lowest BCUT2D eigenvalue weighted by atomic mass is 9.48. The third kappa shape index (κ3) is 1.88. The fourth-order valence-corrected chi connectivity index (χ4v) is 6.15. The molecular weight excluding hydrogens is 258 g/mol. The van der Waals surface area contributed by atoms with Crippen LogP contribution in [0.5, 0.6) is 5.75 Å². The van der Waals surface area contributed by atoms with Crippen LogP contribution in [0.3, 0.4) is 0 Å². The number of hydrogen-bond acceptors (Lipinski definition) is 2. The third-order valence-corrected chi connectivity index (χ3v) is 6.59. The Morgan fingerprint density at radius 1 is 1.05 bits per heavy atom. The standard InChI is InChI=1S/C19H25NO/c1-20-11-16-7-17(2-3-18(16)21-12-20)19-8-13-4-14(9-19)6-15(5-13)10-19/h2-3,7,13-15H,4-6,8-12H2,1H3. The lowest BCUT2D eigenvalue weighted by Gasteiger charge is -2.57. The van der Waals surface area contributed by atoms with Gasteiger partial charge in [-0.15, -0.1) is 0 Å². The van der Waals surface area contributed by atoms with Gasteiger partial charge in [-0.1, -0.05) is 12.1 Å². The first-order valence-electron chi connectivity index (χ1n) is 8.65. The molecule has 21 heavy (non-hydrogen) atoms. The molecule has 1 aromatic carbocycles. The van der Waals surface area contributed by atoms with Gasteiger partial charge in [0.05, 0.1) is 0 Å². The van der Waals surface area contributed by atoms with E-state index in [0.717, 1.165) is 36.8 Å². The predicted octanol–water partition coefficient (Wildman–Crippen LogP) is 3.94. The minimum Gasteiger partial charge on any atom is -0.478 e. The van der Waals surface area contributed by atoms with Gasteiger partial charge in [0.25, 0.3) is 0 Å². The van der Waals surface area contributed by atoms with Crippen molar-refractivity contribution in [2.24, 2.45) is 17.8 Å². The van der Waals surface area contributed by atoms with Gasteiger partial charge in [0, 0.05) is 12.1 Å². The molecule has 1 heterocycles. The van der Waals surface area contributed by atoms with E-state index in [2.05, 4.69) is 30.1 Å². The van der Waals surface area contributed by atoms with E-state index in [1.54, 1.807) is 5.56 Å². The van der Waals surface area contributed by atoms with Crippen LogP contribution >= 0.6 is 0 Å². The monoisotopic (exact) mass is 283 g/mol. The quantitative estimate of drug-likeness (QED) is 0.774. The Morgan fingerprint density at radius 2 is 1.71 bits per heavy atom. The van der Waals surface area contributed by atoms with Crippen molar-refractivity contribution in [3.05, 3.63) is 29.3 Å². The SMILES string of the molecule is CN1COc2ccc(C34CC5CC(CC(C5)C3)C4)cc2C1. The van der Waals surface area contributed by atoms with Crippen LogP contribution in [0, 0.1) is 17.8 Å². The van der Waals surface area contributed by atoms with Crippen LogP contribution in [0.25, 0.3) is 0 Å². The lowest BCUT2D eigenvalue weighted by molar-refractivity contribution is -0.00534. The first-order chi connectivity index (χ1) is 10.2. The minimum atomic E-state index is 0.514. The first-order valence-corrected chi connectivity index (χ1v) is 8.65. The van der Waals surface area contributed by atoms with Gasteiger partial charge >= 0.3 is 0 Å². The minimum absolute atomic E-state index is 0.514. The van der Waals surface area contributed by atoms with Gasteiger partial charge in [0.15, 0.2) is 0 Å². The van der Waals surface area contributed by atoms with Gasteiger partial charge in [-0.3, -0.25) is 4.90 Å². The largest absolute Gasteiger partial charge is 0.478 e. The Kier molecular flexibility index (Phi) is 2.54. The number of benzene rings is 1. The summed E-state index contributed by atoms with van der Waals surface area (Å²) in [6, 6.07) is 7.12. The second-order valence-corrected chi connectivity index (χ2v) is 8.31. The highest BCUT2D eigenvalue weighted by atomic mass is 16.5. The van der Waals surface area contributed by atoms with Crippen molar-refractivity contribution in [3.8, 4) is 5.75 Å². The van der Waals surface area contributed by atoms with Gasteiger partial charge in [-0.25, -0.2) is 0 Å². The van der Waals surface area contributed by atoms with Gasteiger partial charge in [0.2, 0.25) is 0 Å². The predicted molar refractivity (Wildman–Crippen MR) is 83.3 cm³/mol. The van der Waals surface area contributed by atoms with Crippen molar-refractivity contribution >= 4 is 0 Å². The van der Waals surface area contributed by atoms with Crippen LogP contribution in [-0.4, -0.2) is 18.7 Å². The van der Waals surface area contributed by atoms with Gasteiger partial charge in [-0.2, -0.15) is 0 Å². The molecule has 0 atom stereocenters. The summed E-state index contributed by atoms with van der Waals surface area (Å²) in [6.07, 6.45) is 8.93. The van der Waals surface area contributed by atoms with Gasteiger partial charge in [-0.05, 0) is 80.4 Å². The molecule has 0 aromatic heterocycles. The molecule has 6 rings (SSSR count). The molecule has 112 valence electrons. The second-order valence-electron chi connectivity index (χ2n) is 8.31. The summed E-state index contributed by atoms with van der Waals surface area (Å²) < 4.78 is 5.84. The summed E-state index contributed by atoms with van der Waals surface area (Å²) in [5.41, 5.74) is 3.54. The second kappa shape index (κ2) is 4.25. The first kappa shape index (κ1) is 12.5. The molecule has 1 aliphatic heterocycles. The zero-order valence-electron chi connectivity index (χ0n) is 13.0. The van der Waals surface area contributed by atoms with Crippen LogP contribution < -0.4 is 4.74 Å². The van der Waals surface area contributed by atoms with Crippen molar-refractivity contribution in [2.75, 3.05) is 13.8 Å². The Labute approximate surface area is 127 Å². The van der Waals surface area contributed by atoms with E-state index in [9.17, 15) is 0 Å². The summed E-state index contributed by atoms with van der Waals surface area (Å²) in [7, 11) is 2.14. The molecule has 0 amide bonds. The molecule has 0 radical (unpaired) electrons. The Balaban J connectivity index is 1.54. The van der Waals surface area contributed by atoms with Crippen molar-refractivity contribution in [3.63, 3.8) is 0 Å². The summed E-state index contributed by atoms with van der Waals surface area (Å²) in [4.78, 5) is 2.26. The number of hydrogen-bond donors (Lipinski definition) is 0. The van der Waals surface area contributed by atoms with Crippen LogP contribution in [0.1, 0.15) is 49.7 Å². The van der Waals surface area contributed by atoms with Crippen molar-refractivity contribution in [1.82, 2.24) is 4.90 Å².